The Bertz CT molecular complexity index is 871. The monoisotopic (exact) mass is 345 g/mol. The van der Waals surface area contributed by atoms with Crippen molar-refractivity contribution in [2.45, 2.75) is 0 Å². The molecule has 2 heterocycles. The largest absolute Gasteiger partial charge is 0.384 e. The number of benzene rings is 1. The number of amides is 1. The number of nitrogens with zero attached hydrogens (tertiary/aromatic N) is 6. The Balaban J connectivity index is 1.52. The van der Waals surface area contributed by atoms with Crippen LogP contribution in [0.1, 0.15) is 5.69 Å². The van der Waals surface area contributed by atoms with Crippen molar-refractivity contribution in [2.24, 2.45) is 10.9 Å². The van der Waals surface area contributed by atoms with Gasteiger partial charge in [0.2, 0.25) is 5.84 Å². The molecule has 0 saturated carbocycles. The van der Waals surface area contributed by atoms with E-state index < -0.39 is 5.91 Å². The second kappa shape index (κ2) is 7.03. The Kier molecular flexibility index (Phi) is 4.46. The van der Waals surface area contributed by atoms with Crippen LogP contribution in [-0.4, -0.2) is 43.7 Å². The molecule has 0 aliphatic rings. The van der Waals surface area contributed by atoms with Gasteiger partial charge in [0.05, 0.1) is 10.8 Å². The second-order valence-corrected chi connectivity index (χ2v) is 4.65. The van der Waals surface area contributed by atoms with Gasteiger partial charge in [-0.25, -0.2) is 4.68 Å². The Hall–Kier alpha value is -4.03. The van der Waals surface area contributed by atoms with E-state index in [-0.39, 0.29) is 24.0 Å². The number of amidine groups is 1. The number of carbonyl (C=O) groups excluding carboxylic acids is 1. The van der Waals surface area contributed by atoms with Gasteiger partial charge in [-0.3, -0.25) is 4.79 Å². The zero-order valence-corrected chi connectivity index (χ0v) is 12.7. The number of H-pyrrole nitrogens is 1. The van der Waals surface area contributed by atoms with Gasteiger partial charge in [-0.1, -0.05) is 10.3 Å². The number of carbonyl (C=O) groups is 1. The first-order chi connectivity index (χ1) is 12.1. The van der Waals surface area contributed by atoms with Crippen LogP contribution in [0.3, 0.4) is 0 Å². The maximum absolute atomic E-state index is 11.8. The molecule has 2 aromatic heterocycles. The summed E-state index contributed by atoms with van der Waals surface area (Å²) in [7, 11) is 0. The van der Waals surface area contributed by atoms with Crippen LogP contribution in [0.4, 0.5) is 11.5 Å². The van der Waals surface area contributed by atoms with Crippen molar-refractivity contribution in [1.82, 2.24) is 25.4 Å². The molecule has 0 radical (unpaired) electrons. The van der Waals surface area contributed by atoms with Gasteiger partial charge in [-0.2, -0.15) is 0 Å². The highest BCUT2D eigenvalue weighted by molar-refractivity contribution is 5.98. The molecule has 1 amide bonds. The lowest BCUT2D eigenvalue weighted by molar-refractivity contribution is -0.610. The fourth-order valence-corrected chi connectivity index (χ4v) is 1.78. The van der Waals surface area contributed by atoms with E-state index in [1.165, 1.54) is 11.0 Å². The molecule has 128 valence electrons. The second-order valence-electron chi connectivity index (χ2n) is 4.65. The molecule has 1 aromatic carbocycles. The molecule has 0 aliphatic carbocycles. The predicted molar refractivity (Wildman–Crippen MR) is 81.9 cm³/mol. The normalized spacial score (nSPS) is 11.3. The fraction of sp³-hybridized carbons (Fsp3) is 0.0833. The molecule has 3 aromatic rings. The van der Waals surface area contributed by atoms with Crippen LogP contribution in [0.25, 0.3) is 5.69 Å². The molecule has 0 aliphatic heterocycles. The Morgan fingerprint density at radius 1 is 1.40 bits per heavy atom. The number of nitrogens with one attached hydrogen (secondary N) is 2. The lowest BCUT2D eigenvalue weighted by Gasteiger charge is -2.05. The predicted octanol–water partition coefficient (Wildman–Crippen LogP) is -1.68. The van der Waals surface area contributed by atoms with Gasteiger partial charge < -0.3 is 21.6 Å². The third kappa shape index (κ3) is 3.84. The summed E-state index contributed by atoms with van der Waals surface area (Å²) in [6, 6.07) is 6.87. The lowest BCUT2D eigenvalue weighted by atomic mass is 10.3. The van der Waals surface area contributed by atoms with Crippen LogP contribution in [-0.2, 0) is 9.63 Å². The first-order valence-corrected chi connectivity index (χ1v) is 6.85. The van der Waals surface area contributed by atoms with Gasteiger partial charge in [0, 0.05) is 5.69 Å². The van der Waals surface area contributed by atoms with Gasteiger partial charge in [0.1, 0.15) is 6.33 Å². The van der Waals surface area contributed by atoms with E-state index in [9.17, 15) is 4.79 Å². The quantitative estimate of drug-likeness (QED) is 0.266. The van der Waals surface area contributed by atoms with Crippen molar-refractivity contribution < 1.29 is 19.4 Å². The highest BCUT2D eigenvalue weighted by Crippen LogP contribution is 2.11. The van der Waals surface area contributed by atoms with Crippen molar-refractivity contribution in [2.75, 3.05) is 17.7 Å². The van der Waals surface area contributed by atoms with Crippen molar-refractivity contribution in [1.29, 1.82) is 0 Å². The number of aromatic nitrogens is 6. The average Bonchev–Trinajstić information content (AvgIpc) is 3.27. The number of nitrogens with two attached hydrogens (primary N) is 2. The summed E-state index contributed by atoms with van der Waals surface area (Å²) in [6.45, 7) is -0.350. The molecule has 0 saturated heterocycles. The number of rotatable bonds is 6. The summed E-state index contributed by atoms with van der Waals surface area (Å²) >= 11 is 0. The molecular weight excluding hydrogens is 332 g/mol. The zero-order chi connectivity index (χ0) is 17.6. The number of anilines is 2. The van der Waals surface area contributed by atoms with Gasteiger partial charge in [0.25, 0.3) is 5.91 Å². The van der Waals surface area contributed by atoms with E-state index in [2.05, 4.69) is 40.9 Å². The van der Waals surface area contributed by atoms with Crippen LogP contribution in [0.15, 0.2) is 40.4 Å². The average molecular weight is 345 g/mol. The van der Waals surface area contributed by atoms with Gasteiger partial charge in [0.15, 0.2) is 6.61 Å². The van der Waals surface area contributed by atoms with Crippen molar-refractivity contribution in [3.05, 3.63) is 36.3 Å². The SMILES string of the molecule is NC(=NOCC(=O)Nc1ccc(-n2cnnn2)cc1)c1no[nH+]c1N. The first-order valence-electron chi connectivity index (χ1n) is 6.85. The molecule has 3 rings (SSSR count). The summed E-state index contributed by atoms with van der Waals surface area (Å²) in [6.07, 6.45) is 1.46. The van der Waals surface area contributed by atoms with Crippen molar-refractivity contribution in [3.8, 4) is 5.69 Å². The molecule has 0 atom stereocenters. The van der Waals surface area contributed by atoms with E-state index in [0.29, 0.717) is 5.69 Å². The molecule has 13 heteroatoms. The number of aromatic amines is 1. The fourth-order valence-electron chi connectivity index (χ4n) is 1.78. The standard InChI is InChI=1S/C12H12N10O3/c13-11(10-12(14)19-25-17-10)18-24-5-9(23)16-7-1-3-8(4-2-7)22-6-15-20-21-22/h1-4,6H,5H2,(H2,13,18)(H2,14,19)(H,16,23)/p+1. The highest BCUT2D eigenvalue weighted by Gasteiger charge is 2.18. The molecule has 0 spiro atoms. The Morgan fingerprint density at radius 3 is 2.84 bits per heavy atom. The van der Waals surface area contributed by atoms with Gasteiger partial charge >= 0.3 is 11.5 Å². The minimum Gasteiger partial charge on any atom is -0.384 e. The summed E-state index contributed by atoms with van der Waals surface area (Å²) < 4.78 is 5.98. The minimum absolute atomic E-state index is 0.0944. The maximum Gasteiger partial charge on any atom is 0.303 e. The molecular formula is C12H13N10O3+. The summed E-state index contributed by atoms with van der Waals surface area (Å²) in [5.41, 5.74) is 12.5. The number of hydrogen-bond acceptors (Lipinski definition) is 9. The smallest absolute Gasteiger partial charge is 0.303 e. The maximum atomic E-state index is 11.8. The van der Waals surface area contributed by atoms with Crippen LogP contribution >= 0.6 is 0 Å². The van der Waals surface area contributed by atoms with E-state index in [4.69, 9.17) is 16.3 Å². The van der Waals surface area contributed by atoms with Crippen molar-refractivity contribution >= 4 is 23.2 Å². The van der Waals surface area contributed by atoms with Gasteiger partial charge in [-0.15, -0.1) is 9.73 Å². The Labute approximate surface area is 139 Å². The molecule has 0 bridgehead atoms. The minimum atomic E-state index is -0.425. The lowest BCUT2D eigenvalue weighted by Crippen LogP contribution is -2.21. The zero-order valence-electron chi connectivity index (χ0n) is 12.7. The van der Waals surface area contributed by atoms with Crippen molar-refractivity contribution in [3.63, 3.8) is 0 Å². The van der Waals surface area contributed by atoms with Gasteiger partial charge in [-0.05, 0) is 34.7 Å². The number of oxime groups is 1. The van der Waals surface area contributed by atoms with Crippen LogP contribution in [0, 0.1) is 0 Å². The van der Waals surface area contributed by atoms with E-state index >= 15 is 0 Å². The van der Waals surface area contributed by atoms with E-state index in [1.54, 1.807) is 24.3 Å². The summed E-state index contributed by atoms with van der Waals surface area (Å²) in [4.78, 5) is 16.7. The number of hydrogen-bond donors (Lipinski definition) is 3. The third-order valence-corrected chi connectivity index (χ3v) is 2.91. The van der Waals surface area contributed by atoms with Crippen LogP contribution in [0.5, 0.6) is 0 Å². The topological polar surface area (TPSA) is 187 Å². The number of nitrogen functional groups attached to an aromatic ring is 1. The van der Waals surface area contributed by atoms with E-state index in [1.807, 2.05) is 0 Å². The number of tetrazole rings is 1. The highest BCUT2D eigenvalue weighted by atomic mass is 16.6. The third-order valence-electron chi connectivity index (χ3n) is 2.91. The molecule has 0 unspecified atom stereocenters. The van der Waals surface area contributed by atoms with Crippen LogP contribution in [0.2, 0.25) is 0 Å². The molecule has 13 nitrogen and oxygen atoms in total. The van der Waals surface area contributed by atoms with Crippen LogP contribution < -0.4 is 21.9 Å². The molecule has 25 heavy (non-hydrogen) atoms. The molecule has 0 fully saturated rings. The Morgan fingerprint density at radius 2 is 2.20 bits per heavy atom. The van der Waals surface area contributed by atoms with E-state index in [0.717, 1.165) is 5.69 Å². The first kappa shape index (κ1) is 15.9. The summed E-state index contributed by atoms with van der Waals surface area (Å²) in [5.74, 6) is -0.454. The summed E-state index contributed by atoms with van der Waals surface area (Å²) in [5, 5.41) is 22.8. The molecule has 6 N–H and O–H groups in total.